The van der Waals surface area contributed by atoms with Crippen molar-refractivity contribution < 1.29 is 23.8 Å². The van der Waals surface area contributed by atoms with Crippen LogP contribution >= 0.6 is 0 Å². The molecule has 1 atom stereocenters. The van der Waals surface area contributed by atoms with Crippen LogP contribution in [0.5, 0.6) is 5.75 Å². The van der Waals surface area contributed by atoms with Gasteiger partial charge in [0, 0.05) is 6.42 Å². The van der Waals surface area contributed by atoms with Crippen LogP contribution < -0.4 is 4.74 Å². The number of fused-ring (bicyclic) bond motifs is 2. The van der Waals surface area contributed by atoms with Crippen LogP contribution in [0.3, 0.4) is 0 Å². The Labute approximate surface area is 116 Å². The van der Waals surface area contributed by atoms with Crippen molar-refractivity contribution in [2.45, 2.75) is 33.0 Å². The fourth-order valence-corrected chi connectivity index (χ4v) is 2.84. The summed E-state index contributed by atoms with van der Waals surface area (Å²) in [5, 5.41) is 0. The van der Waals surface area contributed by atoms with E-state index >= 15 is 0 Å². The van der Waals surface area contributed by atoms with Gasteiger partial charge in [0.25, 0.3) is 5.79 Å². The number of carbonyl (C=O) groups is 2. The van der Waals surface area contributed by atoms with Crippen LogP contribution in [0.25, 0.3) is 0 Å². The first-order valence-corrected chi connectivity index (χ1v) is 6.45. The van der Waals surface area contributed by atoms with Gasteiger partial charge in [-0.25, -0.2) is 4.79 Å². The number of methoxy groups -OCH3 is 1. The minimum atomic E-state index is -1.30. The first-order chi connectivity index (χ1) is 9.29. The minimum absolute atomic E-state index is 0.309. The highest BCUT2D eigenvalue weighted by Gasteiger charge is 2.60. The summed E-state index contributed by atoms with van der Waals surface area (Å²) in [5.41, 5.74) is 1.17. The highest BCUT2D eigenvalue weighted by Crippen LogP contribution is 2.52. The van der Waals surface area contributed by atoms with Gasteiger partial charge in [-0.2, -0.15) is 0 Å². The number of rotatable bonds is 1. The van der Waals surface area contributed by atoms with E-state index in [1.54, 1.807) is 33.1 Å². The average molecular weight is 276 g/mol. The third-order valence-electron chi connectivity index (χ3n) is 3.91. The Hall–Kier alpha value is -2.04. The number of aryl methyl sites for hydroxylation is 1. The molecule has 0 aromatic heterocycles. The van der Waals surface area contributed by atoms with Gasteiger partial charge in [-0.15, -0.1) is 0 Å². The Bertz CT molecular complexity index is 631. The highest BCUT2D eigenvalue weighted by atomic mass is 16.7. The lowest BCUT2D eigenvalue weighted by Gasteiger charge is -2.22. The molecule has 3 rings (SSSR count). The lowest BCUT2D eigenvalue weighted by atomic mass is 9.85. The molecule has 20 heavy (non-hydrogen) atoms. The molecular weight excluding hydrogens is 260 g/mol. The summed E-state index contributed by atoms with van der Waals surface area (Å²) in [6.07, 6.45) is 0.309. The smallest absolute Gasteiger partial charge is 0.342 e. The lowest BCUT2D eigenvalue weighted by Crippen LogP contribution is -2.25. The van der Waals surface area contributed by atoms with Gasteiger partial charge < -0.3 is 14.2 Å². The van der Waals surface area contributed by atoms with Crippen molar-refractivity contribution in [3.05, 3.63) is 28.8 Å². The Morgan fingerprint density at radius 3 is 2.45 bits per heavy atom. The van der Waals surface area contributed by atoms with Crippen LogP contribution in [-0.2, 0) is 20.1 Å². The first kappa shape index (κ1) is 13.0. The van der Waals surface area contributed by atoms with Gasteiger partial charge >= 0.3 is 11.9 Å². The van der Waals surface area contributed by atoms with Gasteiger partial charge in [0.05, 0.1) is 23.7 Å². The van der Waals surface area contributed by atoms with E-state index in [9.17, 15) is 9.59 Å². The van der Waals surface area contributed by atoms with E-state index in [0.29, 0.717) is 23.3 Å². The van der Waals surface area contributed by atoms with Gasteiger partial charge in [-0.3, -0.25) is 4.79 Å². The molecule has 1 aromatic carbocycles. The predicted molar refractivity (Wildman–Crippen MR) is 69.3 cm³/mol. The summed E-state index contributed by atoms with van der Waals surface area (Å²) in [6.45, 7) is 5.41. The Morgan fingerprint density at radius 2 is 1.90 bits per heavy atom. The van der Waals surface area contributed by atoms with Crippen LogP contribution in [-0.4, -0.2) is 19.0 Å². The maximum Gasteiger partial charge on any atom is 0.342 e. The Kier molecular flexibility index (Phi) is 2.43. The molecule has 2 aliphatic heterocycles. The molecule has 1 spiro atoms. The summed E-state index contributed by atoms with van der Waals surface area (Å²) >= 11 is 0. The largest absolute Gasteiger partial charge is 0.496 e. The molecule has 106 valence electrons. The molecule has 0 N–H and O–H groups in total. The van der Waals surface area contributed by atoms with Crippen molar-refractivity contribution in [2.75, 3.05) is 7.11 Å². The molecule has 2 aliphatic rings. The molecule has 1 aromatic rings. The van der Waals surface area contributed by atoms with E-state index in [1.807, 2.05) is 6.92 Å². The monoisotopic (exact) mass is 276 g/mol. The van der Waals surface area contributed by atoms with E-state index in [-0.39, 0.29) is 5.97 Å². The normalized spacial score (nSPS) is 26.4. The van der Waals surface area contributed by atoms with E-state index in [4.69, 9.17) is 14.2 Å². The molecule has 0 amide bonds. The quantitative estimate of drug-likeness (QED) is 0.736. The average Bonchev–Trinajstić information content (AvgIpc) is 2.73. The van der Waals surface area contributed by atoms with Crippen LogP contribution in [0.15, 0.2) is 12.1 Å². The molecule has 0 aliphatic carbocycles. The molecule has 1 fully saturated rings. The third-order valence-corrected chi connectivity index (χ3v) is 3.91. The van der Waals surface area contributed by atoms with Crippen LogP contribution in [0, 0.1) is 12.3 Å². The number of hydrogen-bond acceptors (Lipinski definition) is 5. The molecule has 0 bridgehead atoms. The van der Waals surface area contributed by atoms with Crippen LogP contribution in [0.2, 0.25) is 0 Å². The maximum absolute atomic E-state index is 12.0. The van der Waals surface area contributed by atoms with E-state index in [1.165, 1.54) is 0 Å². The highest BCUT2D eigenvalue weighted by molar-refractivity contribution is 5.96. The summed E-state index contributed by atoms with van der Waals surface area (Å²) < 4.78 is 16.1. The first-order valence-electron chi connectivity index (χ1n) is 6.45. The van der Waals surface area contributed by atoms with Gasteiger partial charge in [0.2, 0.25) is 0 Å². The van der Waals surface area contributed by atoms with Gasteiger partial charge in [-0.05, 0) is 38.5 Å². The molecule has 0 unspecified atom stereocenters. The molecule has 1 saturated heterocycles. The molecule has 0 radical (unpaired) electrons. The van der Waals surface area contributed by atoms with Gasteiger partial charge in [0.1, 0.15) is 5.75 Å². The fourth-order valence-electron chi connectivity index (χ4n) is 2.84. The van der Waals surface area contributed by atoms with Crippen molar-refractivity contribution in [3.8, 4) is 5.75 Å². The molecule has 2 heterocycles. The standard InChI is InChI=1S/C15H16O5/c1-8-5-9-10(6-11(8)18-4)15(19-12(9)16)7-14(2,3)13(17)20-15/h5-6H,7H2,1-4H3/t15-/m0/s1. The van der Waals surface area contributed by atoms with Crippen molar-refractivity contribution in [1.82, 2.24) is 0 Å². The molecular formula is C15H16O5. The van der Waals surface area contributed by atoms with Crippen molar-refractivity contribution in [1.29, 1.82) is 0 Å². The van der Waals surface area contributed by atoms with Crippen molar-refractivity contribution in [3.63, 3.8) is 0 Å². The fraction of sp³-hybridized carbons (Fsp3) is 0.467. The van der Waals surface area contributed by atoms with Crippen LogP contribution in [0.4, 0.5) is 0 Å². The summed E-state index contributed by atoms with van der Waals surface area (Å²) in [5.74, 6) is -1.48. The number of hydrogen-bond donors (Lipinski definition) is 0. The van der Waals surface area contributed by atoms with E-state index in [0.717, 1.165) is 5.56 Å². The molecule has 5 heteroatoms. The summed E-state index contributed by atoms with van der Waals surface area (Å²) in [4.78, 5) is 24.0. The number of esters is 2. The predicted octanol–water partition coefficient (Wildman–Crippen LogP) is 2.30. The van der Waals surface area contributed by atoms with Gasteiger partial charge in [-0.1, -0.05) is 0 Å². The third kappa shape index (κ3) is 1.55. The summed E-state index contributed by atoms with van der Waals surface area (Å²) in [7, 11) is 1.56. The van der Waals surface area contributed by atoms with Crippen LogP contribution in [0.1, 0.15) is 41.8 Å². The molecule has 5 nitrogen and oxygen atoms in total. The zero-order chi connectivity index (χ0) is 14.7. The van der Waals surface area contributed by atoms with Crippen molar-refractivity contribution >= 4 is 11.9 Å². The number of carbonyl (C=O) groups excluding carboxylic acids is 2. The second-order valence-electron chi connectivity index (χ2n) is 5.96. The Balaban J connectivity index is 2.17. The second-order valence-corrected chi connectivity index (χ2v) is 5.96. The Morgan fingerprint density at radius 1 is 1.20 bits per heavy atom. The SMILES string of the molecule is COc1cc2c(cc1C)C(=O)O[C@]21CC(C)(C)C(=O)O1. The minimum Gasteiger partial charge on any atom is -0.496 e. The number of benzene rings is 1. The summed E-state index contributed by atoms with van der Waals surface area (Å²) in [6, 6.07) is 3.44. The lowest BCUT2D eigenvalue weighted by molar-refractivity contribution is -0.189. The maximum atomic E-state index is 12.0. The zero-order valence-electron chi connectivity index (χ0n) is 11.9. The molecule has 0 saturated carbocycles. The van der Waals surface area contributed by atoms with Gasteiger partial charge in [0.15, 0.2) is 0 Å². The topological polar surface area (TPSA) is 61.8 Å². The van der Waals surface area contributed by atoms with E-state index < -0.39 is 17.2 Å². The zero-order valence-corrected chi connectivity index (χ0v) is 11.9. The van der Waals surface area contributed by atoms with Crippen molar-refractivity contribution in [2.24, 2.45) is 5.41 Å². The van der Waals surface area contributed by atoms with E-state index in [2.05, 4.69) is 0 Å². The second kappa shape index (κ2) is 3.75. The number of ether oxygens (including phenoxy) is 3.